The highest BCUT2D eigenvalue weighted by Gasteiger charge is 2.17. The van der Waals surface area contributed by atoms with E-state index in [1.165, 1.54) is 4.68 Å². The number of nitro groups is 1. The van der Waals surface area contributed by atoms with Gasteiger partial charge in [0, 0.05) is 6.54 Å². The molecule has 0 radical (unpaired) electrons. The molecule has 1 heterocycles. The van der Waals surface area contributed by atoms with E-state index in [4.69, 9.17) is 0 Å². The number of hydrogen-bond donors (Lipinski definition) is 1. The summed E-state index contributed by atoms with van der Waals surface area (Å²) in [7, 11) is 0. The highest BCUT2D eigenvalue weighted by atomic mass is 16.6. The Morgan fingerprint density at radius 1 is 1.69 bits per heavy atom. The standard InChI is InChI=1S/C9H14N4O3/c1-3-4-10-9(14)6-12-7(2)8(5-11-12)13(15)16/h5H,3-4,6H2,1-2H3,(H,10,14). The normalized spacial score (nSPS) is 10.1. The molecule has 1 N–H and O–H groups in total. The minimum absolute atomic E-state index is 0.0136. The molecule has 0 unspecified atom stereocenters. The summed E-state index contributed by atoms with van der Waals surface area (Å²) in [5.74, 6) is -0.192. The highest BCUT2D eigenvalue weighted by molar-refractivity contribution is 5.75. The van der Waals surface area contributed by atoms with Crippen molar-refractivity contribution in [3.63, 3.8) is 0 Å². The van der Waals surface area contributed by atoms with Crippen molar-refractivity contribution in [2.24, 2.45) is 0 Å². The van der Waals surface area contributed by atoms with Gasteiger partial charge < -0.3 is 5.32 Å². The summed E-state index contributed by atoms with van der Waals surface area (Å²) in [5.41, 5.74) is 0.319. The number of hydrogen-bond acceptors (Lipinski definition) is 4. The van der Waals surface area contributed by atoms with Gasteiger partial charge in [0.05, 0.1) is 4.92 Å². The molecule has 0 saturated heterocycles. The summed E-state index contributed by atoms with van der Waals surface area (Å²) in [6.45, 7) is 4.13. The zero-order chi connectivity index (χ0) is 12.1. The van der Waals surface area contributed by atoms with Crippen LogP contribution in [0.15, 0.2) is 6.20 Å². The third-order valence-electron chi connectivity index (χ3n) is 2.14. The van der Waals surface area contributed by atoms with Gasteiger partial charge in [0.15, 0.2) is 0 Å². The maximum atomic E-state index is 11.4. The molecule has 7 heteroatoms. The van der Waals surface area contributed by atoms with E-state index >= 15 is 0 Å². The van der Waals surface area contributed by atoms with Crippen molar-refractivity contribution in [2.45, 2.75) is 26.8 Å². The lowest BCUT2D eigenvalue weighted by atomic mass is 10.4. The van der Waals surface area contributed by atoms with Crippen LogP contribution in [0.5, 0.6) is 0 Å². The molecule has 1 amide bonds. The first-order valence-corrected chi connectivity index (χ1v) is 4.99. The Kier molecular flexibility index (Phi) is 3.98. The molecule has 1 aromatic rings. The van der Waals surface area contributed by atoms with Crippen LogP contribution in [-0.2, 0) is 11.3 Å². The van der Waals surface area contributed by atoms with Gasteiger partial charge in [0.2, 0.25) is 5.91 Å². The summed E-state index contributed by atoms with van der Waals surface area (Å²) in [5, 5.41) is 17.0. The summed E-state index contributed by atoms with van der Waals surface area (Å²) >= 11 is 0. The first kappa shape index (κ1) is 12.2. The van der Waals surface area contributed by atoms with Crippen molar-refractivity contribution >= 4 is 11.6 Å². The second-order valence-electron chi connectivity index (χ2n) is 3.38. The van der Waals surface area contributed by atoms with Gasteiger partial charge in [0.1, 0.15) is 18.4 Å². The van der Waals surface area contributed by atoms with Crippen LogP contribution >= 0.6 is 0 Å². The molecule has 0 atom stereocenters. The third kappa shape index (κ3) is 2.78. The number of carbonyl (C=O) groups is 1. The predicted molar refractivity (Wildman–Crippen MR) is 56.9 cm³/mol. The van der Waals surface area contributed by atoms with Crippen molar-refractivity contribution in [3.05, 3.63) is 22.0 Å². The van der Waals surface area contributed by atoms with Gasteiger partial charge in [-0.2, -0.15) is 5.10 Å². The number of amides is 1. The molecular formula is C9H14N4O3. The molecule has 0 aliphatic heterocycles. The fourth-order valence-corrected chi connectivity index (χ4v) is 1.23. The Morgan fingerprint density at radius 2 is 2.38 bits per heavy atom. The molecule has 1 aromatic heterocycles. The molecule has 0 aliphatic rings. The van der Waals surface area contributed by atoms with Crippen molar-refractivity contribution < 1.29 is 9.72 Å². The maximum absolute atomic E-state index is 11.4. The fourth-order valence-electron chi connectivity index (χ4n) is 1.23. The van der Waals surface area contributed by atoms with E-state index in [0.29, 0.717) is 12.2 Å². The Balaban J connectivity index is 2.68. The number of rotatable bonds is 5. The monoisotopic (exact) mass is 226 g/mol. The predicted octanol–water partition coefficient (Wildman–Crippen LogP) is 0.626. The van der Waals surface area contributed by atoms with E-state index < -0.39 is 4.92 Å². The number of carbonyl (C=O) groups excluding carboxylic acids is 1. The first-order chi connectivity index (χ1) is 7.56. The number of aromatic nitrogens is 2. The van der Waals surface area contributed by atoms with Gasteiger partial charge in [-0.05, 0) is 13.3 Å². The summed E-state index contributed by atoms with van der Waals surface area (Å²) in [6, 6.07) is 0. The van der Waals surface area contributed by atoms with Gasteiger partial charge in [0.25, 0.3) is 0 Å². The minimum atomic E-state index is -0.511. The molecule has 0 fully saturated rings. The lowest BCUT2D eigenvalue weighted by molar-refractivity contribution is -0.385. The molecule has 0 spiro atoms. The first-order valence-electron chi connectivity index (χ1n) is 4.99. The average Bonchev–Trinajstić information content (AvgIpc) is 2.57. The van der Waals surface area contributed by atoms with Crippen LogP contribution in [0.25, 0.3) is 0 Å². The van der Waals surface area contributed by atoms with Crippen molar-refractivity contribution in [3.8, 4) is 0 Å². The largest absolute Gasteiger partial charge is 0.355 e. The van der Waals surface area contributed by atoms with E-state index in [9.17, 15) is 14.9 Å². The van der Waals surface area contributed by atoms with Gasteiger partial charge in [-0.1, -0.05) is 6.92 Å². The zero-order valence-corrected chi connectivity index (χ0v) is 9.27. The Hall–Kier alpha value is -1.92. The molecule has 7 nitrogen and oxygen atoms in total. The van der Waals surface area contributed by atoms with Gasteiger partial charge >= 0.3 is 5.69 Å². The molecule has 0 aromatic carbocycles. The van der Waals surface area contributed by atoms with Crippen LogP contribution in [0.2, 0.25) is 0 Å². The second kappa shape index (κ2) is 5.24. The molecule has 88 valence electrons. The summed E-state index contributed by atoms with van der Waals surface area (Å²) in [6.07, 6.45) is 2.01. The quantitative estimate of drug-likeness (QED) is 0.588. The lowest BCUT2D eigenvalue weighted by Gasteiger charge is -2.04. The third-order valence-corrected chi connectivity index (χ3v) is 2.14. The molecule has 0 saturated carbocycles. The van der Waals surface area contributed by atoms with Crippen LogP contribution in [0.3, 0.4) is 0 Å². The SMILES string of the molecule is CCCNC(=O)Cn1ncc([N+](=O)[O-])c1C. The van der Waals surface area contributed by atoms with Crippen LogP contribution in [0.4, 0.5) is 5.69 Å². The van der Waals surface area contributed by atoms with Gasteiger partial charge in [-0.25, -0.2) is 0 Å². The van der Waals surface area contributed by atoms with Gasteiger partial charge in [-0.3, -0.25) is 19.6 Å². The van der Waals surface area contributed by atoms with Crippen LogP contribution in [-0.4, -0.2) is 27.2 Å². The Labute approximate surface area is 92.6 Å². The minimum Gasteiger partial charge on any atom is -0.355 e. The topological polar surface area (TPSA) is 90.1 Å². The molecule has 16 heavy (non-hydrogen) atoms. The van der Waals surface area contributed by atoms with Crippen molar-refractivity contribution in [2.75, 3.05) is 6.54 Å². The van der Waals surface area contributed by atoms with Gasteiger partial charge in [-0.15, -0.1) is 0 Å². The number of nitrogens with one attached hydrogen (secondary N) is 1. The molecule has 1 rings (SSSR count). The number of nitrogens with zero attached hydrogens (tertiary/aromatic N) is 3. The smallest absolute Gasteiger partial charge is 0.309 e. The van der Waals surface area contributed by atoms with E-state index in [1.54, 1.807) is 6.92 Å². The zero-order valence-electron chi connectivity index (χ0n) is 9.27. The average molecular weight is 226 g/mol. The fraction of sp³-hybridized carbons (Fsp3) is 0.556. The highest BCUT2D eigenvalue weighted by Crippen LogP contribution is 2.15. The van der Waals surface area contributed by atoms with Crippen LogP contribution < -0.4 is 5.32 Å². The van der Waals surface area contributed by atoms with E-state index in [1.807, 2.05) is 6.92 Å². The molecular weight excluding hydrogens is 212 g/mol. The van der Waals surface area contributed by atoms with E-state index in [2.05, 4.69) is 10.4 Å². The Morgan fingerprint density at radius 3 is 2.88 bits per heavy atom. The summed E-state index contributed by atoms with van der Waals surface area (Å²) in [4.78, 5) is 21.4. The van der Waals surface area contributed by atoms with Crippen molar-refractivity contribution in [1.82, 2.24) is 15.1 Å². The second-order valence-corrected chi connectivity index (χ2v) is 3.38. The van der Waals surface area contributed by atoms with Crippen LogP contribution in [0, 0.1) is 17.0 Å². The molecule has 0 aliphatic carbocycles. The lowest BCUT2D eigenvalue weighted by Crippen LogP contribution is -2.28. The molecule has 0 bridgehead atoms. The summed E-state index contributed by atoms with van der Waals surface area (Å²) < 4.78 is 1.32. The Bertz CT molecular complexity index is 399. The maximum Gasteiger partial charge on any atom is 0.309 e. The van der Waals surface area contributed by atoms with E-state index in [-0.39, 0.29) is 18.1 Å². The van der Waals surface area contributed by atoms with Crippen molar-refractivity contribution in [1.29, 1.82) is 0 Å². The van der Waals surface area contributed by atoms with Crippen LogP contribution in [0.1, 0.15) is 19.0 Å². The van der Waals surface area contributed by atoms with E-state index in [0.717, 1.165) is 12.6 Å².